The monoisotopic (exact) mass is 264 g/mol. The molecule has 4 nitrogen and oxygen atoms in total. The van der Waals surface area contributed by atoms with Gasteiger partial charge >= 0.3 is 0 Å². The molecule has 1 aromatic rings. The van der Waals surface area contributed by atoms with Crippen LogP contribution in [0.1, 0.15) is 20.3 Å². The third-order valence-corrected chi connectivity index (χ3v) is 3.98. The molecule has 0 aliphatic carbocycles. The molecule has 0 bridgehead atoms. The second kappa shape index (κ2) is 5.70. The Morgan fingerprint density at radius 1 is 1.32 bits per heavy atom. The highest BCUT2D eigenvalue weighted by Gasteiger charge is 2.29. The lowest BCUT2D eigenvalue weighted by molar-refractivity contribution is 0.311. The van der Waals surface area contributed by atoms with Gasteiger partial charge in [-0.25, -0.2) is 0 Å². The van der Waals surface area contributed by atoms with E-state index >= 15 is 0 Å². The van der Waals surface area contributed by atoms with E-state index in [9.17, 15) is 0 Å². The van der Waals surface area contributed by atoms with Gasteiger partial charge in [-0.05, 0) is 25.5 Å². The summed E-state index contributed by atoms with van der Waals surface area (Å²) in [5.41, 5.74) is 1.31. The van der Waals surface area contributed by atoms with Crippen molar-refractivity contribution in [3.63, 3.8) is 0 Å². The van der Waals surface area contributed by atoms with Crippen LogP contribution in [0.15, 0.2) is 18.2 Å². The van der Waals surface area contributed by atoms with Crippen LogP contribution in [-0.2, 0) is 0 Å². The molecule has 0 aromatic heterocycles. The van der Waals surface area contributed by atoms with Gasteiger partial charge in [0, 0.05) is 31.2 Å². The van der Waals surface area contributed by atoms with Crippen molar-refractivity contribution in [2.45, 2.75) is 25.8 Å². The maximum Gasteiger partial charge on any atom is 0.145 e. The standard InChI is InChI=1S/C15H24N2O2/c1-5-15(2)11-17(9-8-16-15)13-7-6-12(18-3)10-14(13)19-4/h6-7,10,16H,5,8-9,11H2,1-4H3. The fourth-order valence-corrected chi connectivity index (χ4v) is 2.54. The van der Waals surface area contributed by atoms with Gasteiger partial charge in [0.2, 0.25) is 0 Å². The van der Waals surface area contributed by atoms with E-state index in [1.165, 1.54) is 0 Å². The van der Waals surface area contributed by atoms with Crippen molar-refractivity contribution in [3.8, 4) is 11.5 Å². The molecule has 1 atom stereocenters. The highest BCUT2D eigenvalue weighted by Crippen LogP contribution is 2.34. The number of rotatable bonds is 4. The average Bonchev–Trinajstić information content (AvgIpc) is 2.46. The number of piperazine rings is 1. The molecule has 19 heavy (non-hydrogen) atoms. The first-order valence-electron chi connectivity index (χ1n) is 6.84. The van der Waals surface area contributed by atoms with E-state index in [1.807, 2.05) is 12.1 Å². The topological polar surface area (TPSA) is 33.7 Å². The van der Waals surface area contributed by atoms with Gasteiger partial charge in [0.05, 0.1) is 19.9 Å². The molecule has 1 fully saturated rings. The predicted molar refractivity (Wildman–Crippen MR) is 78.5 cm³/mol. The zero-order chi connectivity index (χ0) is 13.9. The first kappa shape index (κ1) is 14.0. The van der Waals surface area contributed by atoms with E-state index in [4.69, 9.17) is 9.47 Å². The fourth-order valence-electron chi connectivity index (χ4n) is 2.54. The van der Waals surface area contributed by atoms with E-state index < -0.39 is 0 Å². The van der Waals surface area contributed by atoms with Crippen LogP contribution in [0, 0.1) is 0 Å². The summed E-state index contributed by atoms with van der Waals surface area (Å²) < 4.78 is 10.8. The number of anilines is 1. The van der Waals surface area contributed by atoms with Gasteiger partial charge in [0.15, 0.2) is 0 Å². The minimum absolute atomic E-state index is 0.170. The van der Waals surface area contributed by atoms with Crippen molar-refractivity contribution in [1.82, 2.24) is 5.32 Å². The van der Waals surface area contributed by atoms with Crippen molar-refractivity contribution < 1.29 is 9.47 Å². The van der Waals surface area contributed by atoms with Gasteiger partial charge in [-0.15, -0.1) is 0 Å². The molecule has 1 saturated heterocycles. The van der Waals surface area contributed by atoms with Gasteiger partial charge in [0.1, 0.15) is 11.5 Å². The van der Waals surface area contributed by atoms with E-state index in [-0.39, 0.29) is 5.54 Å². The Balaban J connectivity index is 2.25. The van der Waals surface area contributed by atoms with Crippen molar-refractivity contribution in [1.29, 1.82) is 0 Å². The number of nitrogens with one attached hydrogen (secondary N) is 1. The molecule has 0 saturated carbocycles. The molecule has 0 radical (unpaired) electrons. The first-order chi connectivity index (χ1) is 9.11. The summed E-state index contributed by atoms with van der Waals surface area (Å²) in [5, 5.41) is 3.60. The number of methoxy groups -OCH3 is 2. The molecular formula is C15H24N2O2. The van der Waals surface area contributed by atoms with Crippen molar-refractivity contribution in [2.24, 2.45) is 0 Å². The molecule has 1 heterocycles. The summed E-state index contributed by atoms with van der Waals surface area (Å²) in [4.78, 5) is 2.39. The second-order valence-electron chi connectivity index (χ2n) is 5.30. The number of benzene rings is 1. The largest absolute Gasteiger partial charge is 0.497 e. The fraction of sp³-hybridized carbons (Fsp3) is 0.600. The molecule has 1 aliphatic heterocycles. The molecular weight excluding hydrogens is 240 g/mol. The number of hydrogen-bond acceptors (Lipinski definition) is 4. The number of hydrogen-bond donors (Lipinski definition) is 1. The summed E-state index contributed by atoms with van der Waals surface area (Å²) in [7, 11) is 3.38. The van der Waals surface area contributed by atoms with Crippen LogP contribution in [0.25, 0.3) is 0 Å². The zero-order valence-corrected chi connectivity index (χ0v) is 12.3. The minimum Gasteiger partial charge on any atom is -0.497 e. The second-order valence-corrected chi connectivity index (χ2v) is 5.30. The summed E-state index contributed by atoms with van der Waals surface area (Å²) in [6.45, 7) is 7.49. The molecule has 106 valence electrons. The van der Waals surface area contributed by atoms with Crippen molar-refractivity contribution >= 4 is 5.69 Å². The molecule has 1 aliphatic rings. The Kier molecular flexibility index (Phi) is 4.20. The normalized spacial score (nSPS) is 23.3. The Bertz CT molecular complexity index is 436. The maximum atomic E-state index is 5.50. The van der Waals surface area contributed by atoms with E-state index in [0.29, 0.717) is 0 Å². The molecule has 1 unspecified atom stereocenters. The lowest BCUT2D eigenvalue weighted by Gasteiger charge is -2.42. The smallest absolute Gasteiger partial charge is 0.145 e. The number of ether oxygens (including phenoxy) is 2. The van der Waals surface area contributed by atoms with Crippen LogP contribution in [0.4, 0.5) is 5.69 Å². The highest BCUT2D eigenvalue weighted by atomic mass is 16.5. The molecule has 0 spiro atoms. The van der Waals surface area contributed by atoms with Gasteiger partial charge in [-0.2, -0.15) is 0 Å². The van der Waals surface area contributed by atoms with E-state index in [2.05, 4.69) is 30.1 Å². The lowest BCUT2D eigenvalue weighted by atomic mass is 9.95. The van der Waals surface area contributed by atoms with Gasteiger partial charge in [-0.1, -0.05) is 6.92 Å². The Labute approximate surface area is 115 Å². The van der Waals surface area contributed by atoms with Crippen molar-refractivity contribution in [3.05, 3.63) is 18.2 Å². The van der Waals surface area contributed by atoms with E-state index in [1.54, 1.807) is 14.2 Å². The highest BCUT2D eigenvalue weighted by molar-refractivity contribution is 5.61. The minimum atomic E-state index is 0.170. The van der Waals surface area contributed by atoms with E-state index in [0.717, 1.165) is 43.2 Å². The molecule has 2 rings (SSSR count). The summed E-state index contributed by atoms with van der Waals surface area (Å²) in [5.74, 6) is 1.70. The van der Waals surface area contributed by atoms with Crippen LogP contribution in [0.5, 0.6) is 11.5 Å². The Hall–Kier alpha value is -1.42. The molecule has 1 N–H and O–H groups in total. The molecule has 0 amide bonds. The third kappa shape index (κ3) is 2.95. The zero-order valence-electron chi connectivity index (χ0n) is 12.3. The molecule has 1 aromatic carbocycles. The average molecular weight is 264 g/mol. The maximum absolute atomic E-state index is 5.50. The third-order valence-electron chi connectivity index (χ3n) is 3.98. The Morgan fingerprint density at radius 2 is 2.11 bits per heavy atom. The lowest BCUT2D eigenvalue weighted by Crippen LogP contribution is -2.58. The van der Waals surface area contributed by atoms with Crippen LogP contribution in [0.2, 0.25) is 0 Å². The molecule has 4 heteroatoms. The van der Waals surface area contributed by atoms with Gasteiger partial charge in [0.25, 0.3) is 0 Å². The number of nitrogens with zero attached hydrogens (tertiary/aromatic N) is 1. The van der Waals surface area contributed by atoms with Crippen molar-refractivity contribution in [2.75, 3.05) is 38.8 Å². The van der Waals surface area contributed by atoms with Gasteiger partial charge in [-0.3, -0.25) is 0 Å². The summed E-state index contributed by atoms with van der Waals surface area (Å²) in [6.07, 6.45) is 1.11. The summed E-state index contributed by atoms with van der Waals surface area (Å²) in [6, 6.07) is 6.02. The predicted octanol–water partition coefficient (Wildman–Crippen LogP) is 2.28. The van der Waals surface area contributed by atoms with Gasteiger partial charge < -0.3 is 19.7 Å². The summed E-state index contributed by atoms with van der Waals surface area (Å²) >= 11 is 0. The SMILES string of the molecule is CCC1(C)CN(c2ccc(OC)cc2OC)CCN1. The van der Waals surface area contributed by atoms with Crippen LogP contribution in [-0.4, -0.2) is 39.4 Å². The Morgan fingerprint density at radius 3 is 2.74 bits per heavy atom. The van der Waals surface area contributed by atoms with Crippen LogP contribution < -0.4 is 19.7 Å². The quantitative estimate of drug-likeness (QED) is 0.904. The van der Waals surface area contributed by atoms with Crippen LogP contribution in [0.3, 0.4) is 0 Å². The van der Waals surface area contributed by atoms with Crippen LogP contribution >= 0.6 is 0 Å². The first-order valence-corrected chi connectivity index (χ1v) is 6.84.